The molecule has 0 radical (unpaired) electrons. The Kier molecular flexibility index (Phi) is 3.85. The molecule has 0 aromatic heterocycles. The summed E-state index contributed by atoms with van der Waals surface area (Å²) in [5.41, 5.74) is 8.84. The first-order chi connectivity index (χ1) is 8.06. The van der Waals surface area contributed by atoms with Crippen LogP contribution in [0.15, 0.2) is 24.3 Å². The van der Waals surface area contributed by atoms with Gasteiger partial charge in [0.05, 0.1) is 0 Å². The first-order valence-electron chi connectivity index (χ1n) is 6.62. The minimum absolute atomic E-state index is 0.339. The fraction of sp³-hybridized carbons (Fsp3) is 0.600. The summed E-state index contributed by atoms with van der Waals surface area (Å²) in [6.45, 7) is 8.92. The van der Waals surface area contributed by atoms with Crippen LogP contribution in [0.4, 0.5) is 0 Å². The SMILES string of the molecule is Cc1ccc(C(C)N2CC(C)CC(N)C2)cc1. The van der Waals surface area contributed by atoms with Crippen molar-refractivity contribution in [2.45, 2.75) is 39.3 Å². The van der Waals surface area contributed by atoms with Crippen molar-refractivity contribution in [3.8, 4) is 0 Å². The second kappa shape index (κ2) is 5.19. The molecule has 1 aliphatic heterocycles. The van der Waals surface area contributed by atoms with Gasteiger partial charge in [-0.15, -0.1) is 0 Å². The minimum atomic E-state index is 0.339. The van der Waals surface area contributed by atoms with Crippen molar-refractivity contribution in [1.29, 1.82) is 0 Å². The predicted molar refractivity (Wildman–Crippen MR) is 72.9 cm³/mol. The van der Waals surface area contributed by atoms with Crippen molar-refractivity contribution in [2.75, 3.05) is 13.1 Å². The maximum Gasteiger partial charge on any atom is 0.0320 e. The summed E-state index contributed by atoms with van der Waals surface area (Å²) in [6, 6.07) is 9.68. The molecule has 2 heteroatoms. The van der Waals surface area contributed by atoms with Crippen LogP contribution in [0.25, 0.3) is 0 Å². The third-order valence-electron chi connectivity index (χ3n) is 3.83. The van der Waals surface area contributed by atoms with Gasteiger partial charge in [-0.1, -0.05) is 36.8 Å². The minimum Gasteiger partial charge on any atom is -0.327 e. The molecule has 1 aliphatic rings. The van der Waals surface area contributed by atoms with Gasteiger partial charge in [-0.05, 0) is 31.7 Å². The molecular formula is C15H24N2. The molecule has 2 rings (SSSR count). The van der Waals surface area contributed by atoms with E-state index in [0.717, 1.165) is 13.0 Å². The monoisotopic (exact) mass is 232 g/mol. The van der Waals surface area contributed by atoms with Crippen LogP contribution in [0, 0.1) is 12.8 Å². The second-order valence-corrected chi connectivity index (χ2v) is 5.64. The zero-order chi connectivity index (χ0) is 12.4. The lowest BCUT2D eigenvalue weighted by atomic mass is 9.94. The van der Waals surface area contributed by atoms with Crippen molar-refractivity contribution in [3.05, 3.63) is 35.4 Å². The van der Waals surface area contributed by atoms with Crippen molar-refractivity contribution in [3.63, 3.8) is 0 Å². The van der Waals surface area contributed by atoms with Crippen LogP contribution in [0.1, 0.15) is 37.4 Å². The van der Waals surface area contributed by atoms with Crippen LogP contribution >= 0.6 is 0 Å². The van der Waals surface area contributed by atoms with Gasteiger partial charge in [0.1, 0.15) is 0 Å². The van der Waals surface area contributed by atoms with Crippen molar-refractivity contribution in [2.24, 2.45) is 11.7 Å². The van der Waals surface area contributed by atoms with Crippen LogP contribution in [-0.4, -0.2) is 24.0 Å². The van der Waals surface area contributed by atoms with Crippen molar-refractivity contribution < 1.29 is 0 Å². The Bertz CT molecular complexity index is 348. The molecule has 94 valence electrons. The summed E-state index contributed by atoms with van der Waals surface area (Å²) in [6.07, 6.45) is 1.16. The lowest BCUT2D eigenvalue weighted by Crippen LogP contribution is -2.47. The van der Waals surface area contributed by atoms with E-state index in [4.69, 9.17) is 5.73 Å². The summed E-state index contributed by atoms with van der Waals surface area (Å²) in [4.78, 5) is 2.52. The van der Waals surface area contributed by atoms with Gasteiger partial charge in [0, 0.05) is 25.2 Å². The summed E-state index contributed by atoms with van der Waals surface area (Å²) < 4.78 is 0. The van der Waals surface area contributed by atoms with Gasteiger partial charge in [-0.25, -0.2) is 0 Å². The Morgan fingerprint density at radius 2 is 1.88 bits per heavy atom. The van der Waals surface area contributed by atoms with E-state index < -0.39 is 0 Å². The Morgan fingerprint density at radius 3 is 2.47 bits per heavy atom. The maximum atomic E-state index is 6.11. The summed E-state index contributed by atoms with van der Waals surface area (Å²) in [5.74, 6) is 0.714. The molecule has 0 saturated carbocycles. The average molecular weight is 232 g/mol. The van der Waals surface area contributed by atoms with Gasteiger partial charge in [-0.3, -0.25) is 4.90 Å². The summed E-state index contributed by atoms with van der Waals surface area (Å²) in [7, 11) is 0. The number of piperidine rings is 1. The van der Waals surface area contributed by atoms with E-state index in [-0.39, 0.29) is 0 Å². The van der Waals surface area contributed by atoms with E-state index in [1.54, 1.807) is 0 Å². The molecule has 0 bridgehead atoms. The first kappa shape index (κ1) is 12.6. The molecular weight excluding hydrogens is 208 g/mol. The van der Waals surface area contributed by atoms with E-state index in [9.17, 15) is 0 Å². The molecule has 2 nitrogen and oxygen atoms in total. The first-order valence-corrected chi connectivity index (χ1v) is 6.62. The Morgan fingerprint density at radius 1 is 1.24 bits per heavy atom. The highest BCUT2D eigenvalue weighted by atomic mass is 15.2. The van der Waals surface area contributed by atoms with E-state index in [1.807, 2.05) is 0 Å². The average Bonchev–Trinajstić information content (AvgIpc) is 2.28. The topological polar surface area (TPSA) is 29.3 Å². The Hall–Kier alpha value is -0.860. The van der Waals surface area contributed by atoms with Gasteiger partial charge in [-0.2, -0.15) is 0 Å². The third kappa shape index (κ3) is 3.08. The van der Waals surface area contributed by atoms with Gasteiger partial charge in [0.2, 0.25) is 0 Å². The zero-order valence-electron chi connectivity index (χ0n) is 11.2. The molecule has 3 atom stereocenters. The number of nitrogens with zero attached hydrogens (tertiary/aromatic N) is 1. The highest BCUT2D eigenvalue weighted by Gasteiger charge is 2.26. The smallest absolute Gasteiger partial charge is 0.0320 e. The molecule has 17 heavy (non-hydrogen) atoms. The summed E-state index contributed by atoms with van der Waals surface area (Å²) in [5, 5.41) is 0. The highest BCUT2D eigenvalue weighted by Crippen LogP contribution is 2.26. The molecule has 1 aromatic rings. The molecule has 2 N–H and O–H groups in total. The normalized spacial score (nSPS) is 28.0. The van der Waals surface area contributed by atoms with E-state index in [0.29, 0.717) is 18.0 Å². The van der Waals surface area contributed by atoms with Crippen molar-refractivity contribution >= 4 is 0 Å². The molecule has 0 aliphatic carbocycles. The van der Waals surface area contributed by atoms with Crippen LogP contribution in [0.2, 0.25) is 0 Å². The number of hydrogen-bond acceptors (Lipinski definition) is 2. The number of nitrogens with two attached hydrogens (primary N) is 1. The lowest BCUT2D eigenvalue weighted by Gasteiger charge is -2.38. The number of rotatable bonds is 2. The molecule has 1 fully saturated rings. The molecule has 1 heterocycles. The lowest BCUT2D eigenvalue weighted by molar-refractivity contribution is 0.124. The van der Waals surface area contributed by atoms with Crippen LogP contribution in [-0.2, 0) is 0 Å². The number of hydrogen-bond donors (Lipinski definition) is 1. The van der Waals surface area contributed by atoms with Crippen molar-refractivity contribution in [1.82, 2.24) is 4.90 Å². The Labute approximate surface area is 105 Å². The van der Waals surface area contributed by atoms with Crippen LogP contribution in [0.3, 0.4) is 0 Å². The quantitative estimate of drug-likeness (QED) is 0.849. The van der Waals surface area contributed by atoms with E-state index in [1.165, 1.54) is 17.7 Å². The highest BCUT2D eigenvalue weighted by molar-refractivity contribution is 5.23. The second-order valence-electron chi connectivity index (χ2n) is 5.64. The summed E-state index contributed by atoms with van der Waals surface area (Å²) >= 11 is 0. The van der Waals surface area contributed by atoms with Gasteiger partial charge < -0.3 is 5.73 Å². The Balaban J connectivity index is 2.08. The largest absolute Gasteiger partial charge is 0.327 e. The van der Waals surface area contributed by atoms with Crippen LogP contribution < -0.4 is 5.73 Å². The van der Waals surface area contributed by atoms with Gasteiger partial charge in [0.25, 0.3) is 0 Å². The fourth-order valence-electron chi connectivity index (χ4n) is 2.81. The standard InChI is InChI=1S/C15H24N2/c1-11-4-6-14(7-5-11)13(3)17-9-12(2)8-15(16)10-17/h4-7,12-13,15H,8-10,16H2,1-3H3. The van der Waals surface area contributed by atoms with Gasteiger partial charge >= 0.3 is 0 Å². The van der Waals surface area contributed by atoms with Crippen LogP contribution in [0.5, 0.6) is 0 Å². The number of likely N-dealkylation sites (tertiary alicyclic amines) is 1. The third-order valence-corrected chi connectivity index (χ3v) is 3.83. The molecule has 3 unspecified atom stereocenters. The fourth-order valence-corrected chi connectivity index (χ4v) is 2.81. The number of aryl methyl sites for hydroxylation is 1. The zero-order valence-corrected chi connectivity index (χ0v) is 11.2. The molecule has 0 amide bonds. The maximum absolute atomic E-state index is 6.11. The predicted octanol–water partition coefficient (Wildman–Crippen LogP) is 2.73. The number of benzene rings is 1. The molecule has 1 aromatic carbocycles. The van der Waals surface area contributed by atoms with Gasteiger partial charge in [0.15, 0.2) is 0 Å². The van der Waals surface area contributed by atoms with E-state index in [2.05, 4.69) is 49.9 Å². The van der Waals surface area contributed by atoms with E-state index >= 15 is 0 Å². The molecule has 0 spiro atoms. The molecule has 1 saturated heterocycles.